The summed E-state index contributed by atoms with van der Waals surface area (Å²) in [5.41, 5.74) is 6.48. The van der Waals surface area contributed by atoms with Crippen LogP contribution in [0.4, 0.5) is 11.6 Å². The van der Waals surface area contributed by atoms with Gasteiger partial charge in [0.2, 0.25) is 5.95 Å². The first-order valence-electron chi connectivity index (χ1n) is 5.37. The molecule has 6 nitrogen and oxygen atoms in total. The Balaban J connectivity index is 2.43. The molecule has 1 heterocycles. The highest BCUT2D eigenvalue weighted by Crippen LogP contribution is 2.25. The number of benzene rings is 1. The quantitative estimate of drug-likeness (QED) is 0.633. The topological polar surface area (TPSA) is 98.0 Å². The third kappa shape index (κ3) is 3.38. The summed E-state index contributed by atoms with van der Waals surface area (Å²) < 4.78 is 27.2. The zero-order valence-corrected chi connectivity index (χ0v) is 13.4. The van der Waals surface area contributed by atoms with Crippen LogP contribution in [0, 0.1) is 6.92 Å². The minimum atomic E-state index is -3.86. The monoisotopic (exact) mass is 376 g/mol. The lowest BCUT2D eigenvalue weighted by Gasteiger charge is -2.09. The van der Waals surface area contributed by atoms with Crippen molar-refractivity contribution in [3.63, 3.8) is 0 Å². The molecule has 0 saturated carbocycles. The first-order valence-corrected chi connectivity index (χ1v) is 8.02. The van der Waals surface area contributed by atoms with Crippen molar-refractivity contribution in [1.29, 1.82) is 0 Å². The van der Waals surface area contributed by atoms with Crippen molar-refractivity contribution in [2.24, 2.45) is 0 Å². The van der Waals surface area contributed by atoms with Gasteiger partial charge in [0.15, 0.2) is 0 Å². The number of aromatic nitrogens is 2. The van der Waals surface area contributed by atoms with Crippen molar-refractivity contribution < 1.29 is 8.42 Å². The van der Waals surface area contributed by atoms with Crippen LogP contribution in [0.3, 0.4) is 0 Å². The van der Waals surface area contributed by atoms with Crippen molar-refractivity contribution in [2.75, 3.05) is 10.5 Å². The second-order valence-corrected chi connectivity index (χ2v) is 6.84. The van der Waals surface area contributed by atoms with Gasteiger partial charge in [-0.05, 0) is 47.1 Å². The van der Waals surface area contributed by atoms with E-state index in [1.807, 2.05) is 0 Å². The van der Waals surface area contributed by atoms with Crippen LogP contribution in [0.1, 0.15) is 5.69 Å². The van der Waals surface area contributed by atoms with Crippen molar-refractivity contribution >= 4 is 49.2 Å². The minimum absolute atomic E-state index is 0.00118. The lowest BCUT2D eigenvalue weighted by Crippen LogP contribution is -2.16. The summed E-state index contributed by atoms with van der Waals surface area (Å²) in [6.45, 7) is 1.68. The molecule has 20 heavy (non-hydrogen) atoms. The lowest BCUT2D eigenvalue weighted by molar-refractivity contribution is 0.600. The molecule has 0 aliphatic carbocycles. The molecular formula is C11H10BrClN4O2S. The second kappa shape index (κ2) is 5.55. The smallest absolute Gasteiger partial charge is 0.265 e. The van der Waals surface area contributed by atoms with Crippen LogP contribution in [0.2, 0.25) is 5.15 Å². The average Bonchev–Trinajstić information content (AvgIpc) is 2.30. The number of halogens is 2. The van der Waals surface area contributed by atoms with E-state index in [2.05, 4.69) is 30.6 Å². The number of hydrogen-bond acceptors (Lipinski definition) is 5. The molecule has 1 aromatic heterocycles. The Kier molecular flexibility index (Phi) is 4.17. The highest BCUT2D eigenvalue weighted by Gasteiger charge is 2.19. The van der Waals surface area contributed by atoms with E-state index in [1.54, 1.807) is 19.1 Å². The zero-order valence-electron chi connectivity index (χ0n) is 10.3. The van der Waals surface area contributed by atoms with Gasteiger partial charge in [0.05, 0.1) is 0 Å². The Morgan fingerprint density at radius 3 is 2.65 bits per heavy atom. The molecular weight excluding hydrogens is 368 g/mol. The summed E-state index contributed by atoms with van der Waals surface area (Å²) in [4.78, 5) is 7.78. The van der Waals surface area contributed by atoms with Crippen LogP contribution < -0.4 is 10.5 Å². The molecule has 2 aromatic rings. The summed E-state index contributed by atoms with van der Waals surface area (Å²) in [5.74, 6) is -0.0932. The van der Waals surface area contributed by atoms with Crippen LogP contribution in [-0.2, 0) is 10.0 Å². The van der Waals surface area contributed by atoms with E-state index in [4.69, 9.17) is 17.3 Å². The average molecular weight is 378 g/mol. The van der Waals surface area contributed by atoms with Gasteiger partial charge >= 0.3 is 0 Å². The molecule has 0 unspecified atom stereocenters. The predicted molar refractivity (Wildman–Crippen MR) is 81.1 cm³/mol. The fourth-order valence-electron chi connectivity index (χ4n) is 1.48. The van der Waals surface area contributed by atoms with Gasteiger partial charge in [0, 0.05) is 15.9 Å². The van der Waals surface area contributed by atoms with E-state index in [0.717, 1.165) is 0 Å². The SMILES string of the molecule is Cc1cc(Cl)nc(NS(=O)(=O)c2cc(N)ccc2Br)n1. The molecule has 1 aromatic carbocycles. The minimum Gasteiger partial charge on any atom is -0.399 e. The number of hydrogen-bond donors (Lipinski definition) is 2. The number of nitrogens with zero attached hydrogens (tertiary/aromatic N) is 2. The fourth-order valence-corrected chi connectivity index (χ4v) is 3.66. The highest BCUT2D eigenvalue weighted by molar-refractivity contribution is 9.10. The van der Waals surface area contributed by atoms with Gasteiger partial charge in [-0.2, -0.15) is 0 Å². The Labute approximate surface area is 129 Å². The number of anilines is 2. The van der Waals surface area contributed by atoms with Gasteiger partial charge in [-0.3, -0.25) is 0 Å². The van der Waals surface area contributed by atoms with Crippen molar-refractivity contribution in [3.05, 3.63) is 39.6 Å². The Bertz CT molecular complexity index is 747. The maximum absolute atomic E-state index is 12.3. The molecule has 2 rings (SSSR count). The summed E-state index contributed by atoms with van der Waals surface area (Å²) in [5, 5.41) is 0.154. The lowest BCUT2D eigenvalue weighted by atomic mass is 10.3. The zero-order chi connectivity index (χ0) is 14.9. The number of nitrogens with one attached hydrogen (secondary N) is 1. The van der Waals surface area contributed by atoms with Crippen LogP contribution in [0.5, 0.6) is 0 Å². The molecule has 0 aliphatic heterocycles. The van der Waals surface area contributed by atoms with E-state index < -0.39 is 10.0 Å². The van der Waals surface area contributed by atoms with Crippen LogP contribution >= 0.6 is 27.5 Å². The van der Waals surface area contributed by atoms with Gasteiger partial charge in [0.1, 0.15) is 10.0 Å². The predicted octanol–water partition coefficient (Wildman–Crippen LogP) is 2.58. The molecule has 106 valence electrons. The van der Waals surface area contributed by atoms with E-state index in [1.165, 1.54) is 12.1 Å². The normalized spacial score (nSPS) is 11.3. The van der Waals surface area contributed by atoms with E-state index in [-0.39, 0.29) is 16.0 Å². The number of sulfonamides is 1. The molecule has 0 spiro atoms. The molecule has 0 amide bonds. The van der Waals surface area contributed by atoms with Gasteiger partial charge in [-0.25, -0.2) is 23.1 Å². The van der Waals surface area contributed by atoms with Crippen LogP contribution in [0.15, 0.2) is 33.6 Å². The number of nitrogen functional groups attached to an aromatic ring is 1. The van der Waals surface area contributed by atoms with Crippen LogP contribution in [-0.4, -0.2) is 18.4 Å². The van der Waals surface area contributed by atoms with Crippen molar-refractivity contribution in [3.8, 4) is 0 Å². The van der Waals surface area contributed by atoms with Crippen molar-refractivity contribution in [1.82, 2.24) is 9.97 Å². The van der Waals surface area contributed by atoms with Crippen LogP contribution in [0.25, 0.3) is 0 Å². The largest absolute Gasteiger partial charge is 0.399 e. The Morgan fingerprint density at radius 2 is 2.00 bits per heavy atom. The highest BCUT2D eigenvalue weighted by atomic mass is 79.9. The standard InChI is InChI=1S/C11H10BrClN4O2S/c1-6-4-10(13)16-11(15-6)17-20(18,19)9-5-7(14)2-3-8(9)12/h2-5H,14H2,1H3,(H,15,16,17). The van der Waals surface area contributed by atoms with E-state index >= 15 is 0 Å². The van der Waals surface area contributed by atoms with Crippen molar-refractivity contribution in [2.45, 2.75) is 11.8 Å². The molecule has 0 bridgehead atoms. The van der Waals surface area contributed by atoms with E-state index in [0.29, 0.717) is 15.9 Å². The number of nitrogens with two attached hydrogens (primary N) is 1. The summed E-state index contributed by atoms with van der Waals surface area (Å²) in [6.07, 6.45) is 0. The molecule has 9 heteroatoms. The summed E-state index contributed by atoms with van der Waals surface area (Å²) in [7, 11) is -3.86. The van der Waals surface area contributed by atoms with Gasteiger partial charge in [-0.15, -0.1) is 0 Å². The third-order valence-electron chi connectivity index (χ3n) is 2.29. The van der Waals surface area contributed by atoms with E-state index in [9.17, 15) is 8.42 Å². The van der Waals surface area contributed by atoms with Gasteiger partial charge in [0.25, 0.3) is 10.0 Å². The first-order chi connectivity index (χ1) is 9.28. The number of aryl methyl sites for hydroxylation is 1. The molecule has 0 aliphatic rings. The molecule has 3 N–H and O–H groups in total. The van der Waals surface area contributed by atoms with Gasteiger partial charge < -0.3 is 5.73 Å². The second-order valence-electron chi connectivity index (χ2n) is 3.95. The third-order valence-corrected chi connectivity index (χ3v) is 4.81. The number of rotatable bonds is 3. The Hall–Kier alpha value is -1.38. The summed E-state index contributed by atoms with van der Waals surface area (Å²) in [6, 6.07) is 6.00. The molecule has 0 atom stereocenters. The fraction of sp³-hybridized carbons (Fsp3) is 0.0909. The first kappa shape index (κ1) is 15.0. The maximum Gasteiger partial charge on any atom is 0.265 e. The molecule has 0 saturated heterocycles. The molecule has 0 radical (unpaired) electrons. The Morgan fingerprint density at radius 1 is 1.30 bits per heavy atom. The maximum atomic E-state index is 12.3. The van der Waals surface area contributed by atoms with Gasteiger partial charge in [-0.1, -0.05) is 11.6 Å². The molecule has 0 fully saturated rings. The summed E-state index contributed by atoms with van der Waals surface area (Å²) >= 11 is 8.93.